The van der Waals surface area contributed by atoms with Crippen molar-refractivity contribution in [3.8, 4) is 0 Å². The molecule has 2 aliphatic rings. The smallest absolute Gasteiger partial charge is 0.223 e. The molecule has 0 saturated heterocycles. The zero-order valence-electron chi connectivity index (χ0n) is 13.3. The van der Waals surface area contributed by atoms with E-state index in [1.807, 2.05) is 0 Å². The fourth-order valence-corrected chi connectivity index (χ4v) is 3.91. The summed E-state index contributed by atoms with van der Waals surface area (Å²) in [5.74, 6) is 0.677. The molecule has 3 N–H and O–H groups in total. The molecular weight excluding hydrogens is 252 g/mol. The fourth-order valence-electron chi connectivity index (χ4n) is 3.91. The predicted molar refractivity (Wildman–Crippen MR) is 80.2 cm³/mol. The van der Waals surface area contributed by atoms with E-state index in [9.17, 15) is 4.79 Å². The minimum Gasteiger partial charge on any atom is -0.381 e. The molecule has 0 aromatic heterocycles. The molecule has 2 rings (SSSR count). The molecule has 5 atom stereocenters. The fraction of sp³-hybridized carbons (Fsp3) is 0.938. The maximum atomic E-state index is 12.6. The molecule has 2 saturated carbocycles. The maximum Gasteiger partial charge on any atom is 0.223 e. The Bertz CT molecular complexity index is 356. The van der Waals surface area contributed by atoms with Crippen molar-refractivity contribution >= 4 is 5.91 Å². The SMILES string of the molecule is COC1CCC(NC(=O)C2CCC(N)C(C)C2(C)C)C1. The van der Waals surface area contributed by atoms with Crippen LogP contribution < -0.4 is 11.1 Å². The first-order valence-corrected chi connectivity index (χ1v) is 7.95. The molecule has 0 radical (unpaired) electrons. The number of amides is 1. The highest BCUT2D eigenvalue weighted by atomic mass is 16.5. The van der Waals surface area contributed by atoms with Gasteiger partial charge in [0, 0.05) is 25.1 Å². The summed E-state index contributed by atoms with van der Waals surface area (Å²) in [5, 5.41) is 3.24. The molecule has 2 aliphatic carbocycles. The van der Waals surface area contributed by atoms with E-state index in [1.54, 1.807) is 7.11 Å². The van der Waals surface area contributed by atoms with Crippen molar-refractivity contribution in [1.82, 2.24) is 5.32 Å². The van der Waals surface area contributed by atoms with Crippen LogP contribution in [0, 0.1) is 17.3 Å². The molecule has 0 heterocycles. The number of hydrogen-bond acceptors (Lipinski definition) is 3. The van der Waals surface area contributed by atoms with Crippen molar-refractivity contribution in [3.05, 3.63) is 0 Å². The lowest BCUT2D eigenvalue weighted by Crippen LogP contribution is -2.52. The van der Waals surface area contributed by atoms with Crippen LogP contribution in [0.15, 0.2) is 0 Å². The van der Waals surface area contributed by atoms with Gasteiger partial charge in [-0.3, -0.25) is 4.79 Å². The predicted octanol–water partition coefficient (Wildman–Crippen LogP) is 2.07. The maximum absolute atomic E-state index is 12.6. The summed E-state index contributed by atoms with van der Waals surface area (Å²) in [4.78, 5) is 12.6. The lowest BCUT2D eigenvalue weighted by molar-refractivity contribution is -0.133. The Morgan fingerprint density at radius 3 is 2.55 bits per heavy atom. The van der Waals surface area contributed by atoms with Gasteiger partial charge in [-0.25, -0.2) is 0 Å². The molecule has 20 heavy (non-hydrogen) atoms. The highest BCUT2D eigenvalue weighted by molar-refractivity contribution is 5.80. The number of carbonyl (C=O) groups excluding carboxylic acids is 1. The first-order valence-electron chi connectivity index (χ1n) is 7.95. The average molecular weight is 282 g/mol. The standard InChI is InChI=1S/C16H30N2O2/c1-10-14(17)8-7-13(16(10,2)3)15(19)18-11-5-6-12(9-11)20-4/h10-14H,5-9,17H2,1-4H3,(H,18,19). The molecule has 0 spiro atoms. The number of nitrogens with two attached hydrogens (primary N) is 1. The van der Waals surface area contributed by atoms with Crippen molar-refractivity contribution < 1.29 is 9.53 Å². The number of carbonyl (C=O) groups is 1. The van der Waals surface area contributed by atoms with Gasteiger partial charge in [0.05, 0.1) is 6.10 Å². The number of rotatable bonds is 3. The van der Waals surface area contributed by atoms with Gasteiger partial charge in [-0.15, -0.1) is 0 Å². The topological polar surface area (TPSA) is 64.3 Å². The van der Waals surface area contributed by atoms with Gasteiger partial charge >= 0.3 is 0 Å². The van der Waals surface area contributed by atoms with Gasteiger partial charge in [0.2, 0.25) is 5.91 Å². The van der Waals surface area contributed by atoms with Crippen molar-refractivity contribution in [2.24, 2.45) is 23.0 Å². The molecule has 4 nitrogen and oxygen atoms in total. The molecule has 2 fully saturated rings. The summed E-state index contributed by atoms with van der Waals surface area (Å²) in [7, 11) is 1.75. The molecule has 0 aromatic carbocycles. The van der Waals surface area contributed by atoms with Gasteiger partial charge < -0.3 is 15.8 Å². The summed E-state index contributed by atoms with van der Waals surface area (Å²) < 4.78 is 5.37. The summed E-state index contributed by atoms with van der Waals surface area (Å²) >= 11 is 0. The van der Waals surface area contributed by atoms with E-state index in [-0.39, 0.29) is 29.3 Å². The van der Waals surface area contributed by atoms with Gasteiger partial charge in [0.25, 0.3) is 0 Å². The summed E-state index contributed by atoms with van der Waals surface area (Å²) in [6, 6.07) is 0.507. The minimum atomic E-state index is -0.0268. The molecule has 5 unspecified atom stereocenters. The number of methoxy groups -OCH3 is 1. The summed E-state index contributed by atoms with van der Waals surface area (Å²) in [5.41, 5.74) is 6.14. The van der Waals surface area contributed by atoms with Crippen LogP contribution in [0.5, 0.6) is 0 Å². The van der Waals surface area contributed by atoms with E-state index in [2.05, 4.69) is 26.1 Å². The monoisotopic (exact) mass is 282 g/mol. The van der Waals surface area contributed by atoms with Gasteiger partial charge in [-0.1, -0.05) is 20.8 Å². The molecule has 0 aromatic rings. The Morgan fingerprint density at radius 2 is 1.95 bits per heavy atom. The van der Waals surface area contributed by atoms with Gasteiger partial charge in [-0.05, 0) is 43.4 Å². The third-order valence-electron chi connectivity index (χ3n) is 5.88. The average Bonchev–Trinajstić information content (AvgIpc) is 2.83. The lowest BCUT2D eigenvalue weighted by Gasteiger charge is -2.46. The van der Waals surface area contributed by atoms with Crippen LogP contribution in [0.2, 0.25) is 0 Å². The molecule has 0 bridgehead atoms. The number of nitrogens with one attached hydrogen (secondary N) is 1. The number of ether oxygens (including phenoxy) is 1. The second kappa shape index (κ2) is 6.02. The molecule has 1 amide bonds. The van der Waals surface area contributed by atoms with Crippen LogP contribution in [-0.2, 0) is 9.53 Å². The Kier molecular flexibility index (Phi) is 4.75. The van der Waals surface area contributed by atoms with E-state index in [4.69, 9.17) is 10.5 Å². The second-order valence-electron chi connectivity index (χ2n) is 7.28. The minimum absolute atomic E-state index is 0.0268. The van der Waals surface area contributed by atoms with Crippen LogP contribution in [0.3, 0.4) is 0 Å². The Morgan fingerprint density at radius 1 is 1.25 bits per heavy atom. The highest BCUT2D eigenvalue weighted by Gasteiger charge is 2.45. The Labute approximate surface area is 122 Å². The quantitative estimate of drug-likeness (QED) is 0.833. The van der Waals surface area contributed by atoms with E-state index in [0.717, 1.165) is 32.1 Å². The zero-order chi connectivity index (χ0) is 14.9. The van der Waals surface area contributed by atoms with E-state index < -0.39 is 0 Å². The van der Waals surface area contributed by atoms with Crippen LogP contribution in [0.1, 0.15) is 52.9 Å². The normalized spacial score (nSPS) is 40.5. The van der Waals surface area contributed by atoms with E-state index in [1.165, 1.54) is 0 Å². The van der Waals surface area contributed by atoms with Crippen molar-refractivity contribution in [2.75, 3.05) is 7.11 Å². The molecular formula is C16H30N2O2. The van der Waals surface area contributed by atoms with Gasteiger partial charge in [0.15, 0.2) is 0 Å². The van der Waals surface area contributed by atoms with E-state index in [0.29, 0.717) is 12.0 Å². The van der Waals surface area contributed by atoms with Crippen molar-refractivity contribution in [3.63, 3.8) is 0 Å². The van der Waals surface area contributed by atoms with Crippen LogP contribution in [-0.4, -0.2) is 31.2 Å². The Balaban J connectivity index is 1.95. The van der Waals surface area contributed by atoms with Crippen LogP contribution in [0.4, 0.5) is 0 Å². The Hall–Kier alpha value is -0.610. The zero-order valence-corrected chi connectivity index (χ0v) is 13.3. The third-order valence-corrected chi connectivity index (χ3v) is 5.88. The van der Waals surface area contributed by atoms with Crippen LogP contribution >= 0.6 is 0 Å². The van der Waals surface area contributed by atoms with Crippen LogP contribution in [0.25, 0.3) is 0 Å². The molecule has 0 aliphatic heterocycles. The first kappa shape index (κ1) is 15.8. The lowest BCUT2D eigenvalue weighted by atomic mass is 9.61. The molecule has 116 valence electrons. The van der Waals surface area contributed by atoms with Gasteiger partial charge in [-0.2, -0.15) is 0 Å². The largest absolute Gasteiger partial charge is 0.381 e. The van der Waals surface area contributed by atoms with Crippen molar-refractivity contribution in [1.29, 1.82) is 0 Å². The highest BCUT2D eigenvalue weighted by Crippen LogP contribution is 2.44. The summed E-state index contributed by atoms with van der Waals surface area (Å²) in [6.45, 7) is 6.56. The summed E-state index contributed by atoms with van der Waals surface area (Å²) in [6.07, 6.45) is 5.21. The second-order valence-corrected chi connectivity index (χ2v) is 7.28. The number of hydrogen-bond donors (Lipinski definition) is 2. The van der Waals surface area contributed by atoms with E-state index >= 15 is 0 Å². The first-order chi connectivity index (χ1) is 9.36. The van der Waals surface area contributed by atoms with Gasteiger partial charge in [0.1, 0.15) is 0 Å². The molecule has 4 heteroatoms. The van der Waals surface area contributed by atoms with Crippen molar-refractivity contribution in [2.45, 2.75) is 71.1 Å². The third kappa shape index (κ3) is 3.01.